The summed E-state index contributed by atoms with van der Waals surface area (Å²) in [5, 5.41) is -0.224. The summed E-state index contributed by atoms with van der Waals surface area (Å²) in [6.45, 7) is -0.0118. The van der Waals surface area contributed by atoms with Crippen molar-refractivity contribution in [1.29, 1.82) is 0 Å². The number of rotatable bonds is 4. The van der Waals surface area contributed by atoms with Gasteiger partial charge in [-0.25, -0.2) is 4.39 Å². The van der Waals surface area contributed by atoms with Crippen molar-refractivity contribution in [3.8, 4) is 5.75 Å². The number of ether oxygens (including phenoxy) is 1. The standard InChI is InChI=1S/C18H11ClFI2NO3S/c1-26-16-10(4-12(21)7-14(16)22)5-15-17(24)23(18(25)27-15)8-9-2-3-11(20)6-13(9)19/h2-7H,8H2,1H3/b15-5-. The van der Waals surface area contributed by atoms with Crippen molar-refractivity contribution in [3.05, 3.63) is 64.3 Å². The number of halogens is 4. The molecule has 0 spiro atoms. The number of methoxy groups -OCH3 is 1. The summed E-state index contributed by atoms with van der Waals surface area (Å²) in [5.74, 6) is -0.246. The SMILES string of the molecule is COc1c(I)cc(I)cc1/C=C1\SC(=O)N(Cc2ccc(F)cc2Cl)C1=O. The summed E-state index contributed by atoms with van der Waals surface area (Å²) in [6, 6.07) is 7.71. The minimum Gasteiger partial charge on any atom is -0.495 e. The Morgan fingerprint density at radius 3 is 2.67 bits per heavy atom. The molecule has 2 aromatic carbocycles. The van der Waals surface area contributed by atoms with Gasteiger partial charge in [-0.05, 0) is 92.8 Å². The minimum absolute atomic E-state index is 0.0118. The van der Waals surface area contributed by atoms with Crippen LogP contribution in [0.15, 0.2) is 35.2 Å². The largest absolute Gasteiger partial charge is 0.495 e. The van der Waals surface area contributed by atoms with Gasteiger partial charge < -0.3 is 4.74 Å². The predicted octanol–water partition coefficient (Wildman–Crippen LogP) is 5.93. The predicted molar refractivity (Wildman–Crippen MR) is 121 cm³/mol. The summed E-state index contributed by atoms with van der Waals surface area (Å²) >= 11 is 11.2. The van der Waals surface area contributed by atoms with Gasteiger partial charge in [0.05, 0.1) is 22.1 Å². The van der Waals surface area contributed by atoms with Crippen molar-refractivity contribution in [2.24, 2.45) is 0 Å². The van der Waals surface area contributed by atoms with E-state index >= 15 is 0 Å². The number of hydrogen-bond acceptors (Lipinski definition) is 4. The number of benzene rings is 2. The third-order valence-electron chi connectivity index (χ3n) is 3.74. The number of imide groups is 1. The van der Waals surface area contributed by atoms with E-state index in [1.54, 1.807) is 13.2 Å². The molecule has 27 heavy (non-hydrogen) atoms. The number of carbonyl (C=O) groups excluding carboxylic acids is 2. The van der Waals surface area contributed by atoms with Crippen LogP contribution in [0.1, 0.15) is 11.1 Å². The maximum absolute atomic E-state index is 13.2. The summed E-state index contributed by atoms with van der Waals surface area (Å²) in [5.41, 5.74) is 1.22. The molecule has 0 unspecified atom stereocenters. The van der Waals surface area contributed by atoms with Gasteiger partial charge in [0.15, 0.2) is 0 Å². The highest BCUT2D eigenvalue weighted by molar-refractivity contribution is 14.1. The second-order valence-corrected chi connectivity index (χ2v) is 9.32. The topological polar surface area (TPSA) is 46.6 Å². The van der Waals surface area contributed by atoms with E-state index in [1.807, 2.05) is 12.1 Å². The van der Waals surface area contributed by atoms with E-state index in [1.165, 1.54) is 12.1 Å². The third-order valence-corrected chi connectivity index (χ3v) is 6.43. The molecule has 0 atom stereocenters. The van der Waals surface area contributed by atoms with Crippen molar-refractivity contribution in [3.63, 3.8) is 0 Å². The van der Waals surface area contributed by atoms with Crippen molar-refractivity contribution < 1.29 is 18.7 Å². The second kappa shape index (κ2) is 8.66. The van der Waals surface area contributed by atoms with Gasteiger partial charge in [0.2, 0.25) is 0 Å². The van der Waals surface area contributed by atoms with Crippen LogP contribution in [0.25, 0.3) is 6.08 Å². The van der Waals surface area contributed by atoms with Crippen LogP contribution in [-0.4, -0.2) is 23.2 Å². The van der Waals surface area contributed by atoms with Gasteiger partial charge in [0, 0.05) is 14.2 Å². The van der Waals surface area contributed by atoms with Crippen LogP contribution in [0.3, 0.4) is 0 Å². The molecule has 9 heteroatoms. The number of thioether (sulfide) groups is 1. The molecular weight excluding hydrogens is 619 g/mol. The van der Waals surface area contributed by atoms with Crippen LogP contribution in [0, 0.1) is 13.0 Å². The summed E-state index contributed by atoms with van der Waals surface area (Å²) < 4.78 is 20.5. The maximum Gasteiger partial charge on any atom is 0.293 e. The smallest absolute Gasteiger partial charge is 0.293 e. The molecule has 140 valence electrons. The van der Waals surface area contributed by atoms with Crippen LogP contribution in [0.2, 0.25) is 5.02 Å². The lowest BCUT2D eigenvalue weighted by Gasteiger charge is -2.13. The molecular formula is C18H11ClFI2NO3S. The van der Waals surface area contributed by atoms with E-state index in [4.69, 9.17) is 16.3 Å². The number of nitrogens with zero attached hydrogens (tertiary/aromatic N) is 1. The van der Waals surface area contributed by atoms with E-state index in [0.717, 1.165) is 35.4 Å². The first-order chi connectivity index (χ1) is 12.8. The Hall–Kier alpha value is -0.850. The van der Waals surface area contributed by atoms with Crippen molar-refractivity contribution in [2.45, 2.75) is 6.54 Å². The molecule has 2 aromatic rings. The zero-order chi connectivity index (χ0) is 19.7. The third kappa shape index (κ3) is 4.60. The highest BCUT2D eigenvalue weighted by atomic mass is 127. The van der Waals surface area contributed by atoms with Gasteiger partial charge in [-0.15, -0.1) is 0 Å². The molecule has 0 saturated carbocycles. The average Bonchev–Trinajstić information content (AvgIpc) is 2.84. The quantitative estimate of drug-likeness (QED) is 0.311. The molecule has 1 aliphatic rings. The molecule has 0 aromatic heterocycles. The zero-order valence-electron chi connectivity index (χ0n) is 13.8. The molecule has 4 nitrogen and oxygen atoms in total. The fourth-order valence-electron chi connectivity index (χ4n) is 2.50. The maximum atomic E-state index is 13.2. The number of hydrogen-bond donors (Lipinski definition) is 0. The Morgan fingerprint density at radius 1 is 1.26 bits per heavy atom. The Kier molecular flexibility index (Phi) is 6.70. The van der Waals surface area contributed by atoms with E-state index in [9.17, 15) is 14.0 Å². The highest BCUT2D eigenvalue weighted by Crippen LogP contribution is 2.37. The Balaban J connectivity index is 1.91. The van der Waals surface area contributed by atoms with E-state index in [-0.39, 0.29) is 11.6 Å². The number of amides is 2. The molecule has 1 aliphatic heterocycles. The molecule has 0 aliphatic carbocycles. The van der Waals surface area contributed by atoms with E-state index in [0.29, 0.717) is 16.2 Å². The highest BCUT2D eigenvalue weighted by Gasteiger charge is 2.35. The van der Waals surface area contributed by atoms with Crippen LogP contribution < -0.4 is 4.74 Å². The lowest BCUT2D eigenvalue weighted by atomic mass is 10.1. The molecule has 1 fully saturated rings. The fraction of sp³-hybridized carbons (Fsp3) is 0.111. The van der Waals surface area contributed by atoms with Gasteiger partial charge in [0.25, 0.3) is 11.1 Å². The first-order valence-electron chi connectivity index (χ1n) is 7.52. The average molecular weight is 630 g/mol. The minimum atomic E-state index is -0.474. The molecule has 2 amide bonds. The zero-order valence-corrected chi connectivity index (χ0v) is 19.7. The van der Waals surface area contributed by atoms with Crippen LogP contribution >= 0.6 is 68.5 Å². The molecule has 1 saturated heterocycles. The summed E-state index contributed by atoms with van der Waals surface area (Å²) in [4.78, 5) is 26.5. The van der Waals surface area contributed by atoms with Gasteiger partial charge in [-0.2, -0.15) is 0 Å². The Morgan fingerprint density at radius 2 is 2.00 bits per heavy atom. The van der Waals surface area contributed by atoms with Crippen molar-refractivity contribution in [1.82, 2.24) is 4.90 Å². The van der Waals surface area contributed by atoms with E-state index < -0.39 is 17.0 Å². The van der Waals surface area contributed by atoms with Crippen LogP contribution in [0.4, 0.5) is 9.18 Å². The van der Waals surface area contributed by atoms with Crippen LogP contribution in [-0.2, 0) is 11.3 Å². The van der Waals surface area contributed by atoms with Crippen molar-refractivity contribution in [2.75, 3.05) is 7.11 Å². The van der Waals surface area contributed by atoms with Gasteiger partial charge in [-0.3, -0.25) is 14.5 Å². The molecule has 0 radical (unpaired) electrons. The molecule has 0 bridgehead atoms. The number of carbonyl (C=O) groups is 2. The fourth-order valence-corrected chi connectivity index (χ4v) is 5.67. The molecule has 0 N–H and O–H groups in total. The lowest BCUT2D eigenvalue weighted by Crippen LogP contribution is -2.27. The molecule has 1 heterocycles. The first kappa shape index (κ1) is 20.9. The normalized spacial score (nSPS) is 15.7. The summed E-state index contributed by atoms with van der Waals surface area (Å²) in [6.07, 6.45) is 1.65. The van der Waals surface area contributed by atoms with Gasteiger partial charge in [0.1, 0.15) is 11.6 Å². The molecule has 3 rings (SSSR count). The second-order valence-electron chi connectivity index (χ2n) is 5.51. The summed E-state index contributed by atoms with van der Waals surface area (Å²) in [7, 11) is 1.56. The Bertz CT molecular complexity index is 983. The van der Waals surface area contributed by atoms with Crippen LogP contribution in [0.5, 0.6) is 5.75 Å². The van der Waals surface area contributed by atoms with Crippen molar-refractivity contribution >= 4 is 85.8 Å². The van der Waals surface area contributed by atoms with E-state index in [2.05, 4.69) is 45.2 Å². The van der Waals surface area contributed by atoms with Gasteiger partial charge >= 0.3 is 0 Å². The van der Waals surface area contributed by atoms with Gasteiger partial charge in [-0.1, -0.05) is 17.7 Å². The lowest BCUT2D eigenvalue weighted by molar-refractivity contribution is -0.123. The monoisotopic (exact) mass is 629 g/mol. The first-order valence-corrected chi connectivity index (χ1v) is 10.9. The Labute approximate surface area is 191 Å².